The Balaban J connectivity index is 1.46. The van der Waals surface area contributed by atoms with Crippen molar-refractivity contribution in [2.75, 3.05) is 0 Å². The van der Waals surface area contributed by atoms with E-state index < -0.39 is 11.6 Å². The molecule has 4 aromatic rings. The van der Waals surface area contributed by atoms with Gasteiger partial charge < -0.3 is 4.74 Å². The Morgan fingerprint density at radius 2 is 1.79 bits per heavy atom. The van der Waals surface area contributed by atoms with E-state index in [0.29, 0.717) is 17.7 Å². The van der Waals surface area contributed by atoms with Crippen molar-refractivity contribution in [2.45, 2.75) is 25.2 Å². The fourth-order valence-corrected chi connectivity index (χ4v) is 7.34. The molecule has 0 N–H and O–H groups in total. The molecule has 1 aromatic heterocycles. The van der Waals surface area contributed by atoms with Gasteiger partial charge in [-0.3, -0.25) is 0 Å². The Morgan fingerprint density at radius 3 is 2.55 bits per heavy atom. The quantitative estimate of drug-likeness (QED) is 0.237. The highest BCUT2D eigenvalue weighted by molar-refractivity contribution is 9.11. The summed E-state index contributed by atoms with van der Waals surface area (Å²) in [6.45, 7) is 0.410. The SMILES string of the molecule is Fc1ccc(-c2ccc3c(c2)[C@@H]2[C@H](C3)OCc3nn(-c4c(Br)cc(Br)cc4Br)c[n+]32)c(F)c1. The second-order valence-corrected chi connectivity index (χ2v) is 10.8. The van der Waals surface area contributed by atoms with Crippen LogP contribution < -0.4 is 4.57 Å². The van der Waals surface area contributed by atoms with Gasteiger partial charge in [0, 0.05) is 27.6 Å². The first-order valence-electron chi connectivity index (χ1n) is 10.2. The first-order valence-corrected chi connectivity index (χ1v) is 12.6. The highest BCUT2D eigenvalue weighted by atomic mass is 79.9. The molecule has 0 unspecified atom stereocenters. The molecule has 9 heteroatoms. The summed E-state index contributed by atoms with van der Waals surface area (Å²) >= 11 is 10.8. The third-order valence-corrected chi connectivity index (χ3v) is 7.84. The van der Waals surface area contributed by atoms with E-state index in [0.717, 1.165) is 48.5 Å². The molecule has 0 saturated carbocycles. The predicted molar refractivity (Wildman–Crippen MR) is 129 cm³/mol. The molecule has 0 fully saturated rings. The molecule has 3 aromatic carbocycles. The molecular weight excluding hydrogens is 624 g/mol. The minimum Gasteiger partial charge on any atom is -0.363 e. The van der Waals surface area contributed by atoms with Gasteiger partial charge in [-0.2, -0.15) is 0 Å². The fraction of sp³-hybridized carbons (Fsp3) is 0.167. The largest absolute Gasteiger partial charge is 0.363 e. The van der Waals surface area contributed by atoms with Gasteiger partial charge >= 0.3 is 5.82 Å². The van der Waals surface area contributed by atoms with Crippen LogP contribution in [0, 0.1) is 11.6 Å². The summed E-state index contributed by atoms with van der Waals surface area (Å²) in [6.07, 6.45) is 2.73. The third kappa shape index (κ3) is 3.60. The molecule has 0 bridgehead atoms. The molecule has 2 heterocycles. The lowest BCUT2D eigenvalue weighted by atomic mass is 9.98. The summed E-state index contributed by atoms with van der Waals surface area (Å²) in [5.74, 6) is -0.351. The van der Waals surface area contributed by atoms with Crippen molar-refractivity contribution < 1.29 is 18.1 Å². The summed E-state index contributed by atoms with van der Waals surface area (Å²) in [5, 5.41) is 4.79. The van der Waals surface area contributed by atoms with Crippen LogP contribution in [0.3, 0.4) is 0 Å². The van der Waals surface area contributed by atoms with E-state index in [2.05, 4.69) is 52.4 Å². The molecule has 0 radical (unpaired) electrons. The van der Waals surface area contributed by atoms with Gasteiger partial charge in [-0.25, -0.2) is 13.3 Å². The van der Waals surface area contributed by atoms with Gasteiger partial charge in [0.2, 0.25) is 6.33 Å². The van der Waals surface area contributed by atoms with Crippen LogP contribution in [-0.2, 0) is 17.8 Å². The maximum absolute atomic E-state index is 14.5. The van der Waals surface area contributed by atoms with Crippen molar-refractivity contribution in [3.8, 4) is 16.8 Å². The third-order valence-electron chi connectivity index (χ3n) is 6.17. The molecule has 4 nitrogen and oxygen atoms in total. The van der Waals surface area contributed by atoms with Gasteiger partial charge in [-0.05, 0) is 78.9 Å². The van der Waals surface area contributed by atoms with E-state index in [-0.39, 0.29) is 12.1 Å². The summed E-state index contributed by atoms with van der Waals surface area (Å²) in [4.78, 5) is 0. The van der Waals surface area contributed by atoms with E-state index in [1.54, 1.807) is 0 Å². The topological polar surface area (TPSA) is 30.9 Å². The number of ether oxygens (including phenoxy) is 1. The minimum absolute atomic E-state index is 0.0275. The number of benzene rings is 3. The van der Waals surface area contributed by atoms with Crippen molar-refractivity contribution in [2.24, 2.45) is 0 Å². The molecule has 6 rings (SSSR count). The average Bonchev–Trinajstić information content (AvgIpc) is 3.33. The second-order valence-electron chi connectivity index (χ2n) is 8.14. The maximum Gasteiger partial charge on any atom is 0.304 e. The highest BCUT2D eigenvalue weighted by Gasteiger charge is 2.44. The first kappa shape index (κ1) is 21.6. The maximum atomic E-state index is 14.5. The van der Waals surface area contributed by atoms with Crippen LogP contribution in [0.4, 0.5) is 8.78 Å². The van der Waals surface area contributed by atoms with Crippen LogP contribution in [0.1, 0.15) is 23.0 Å². The summed E-state index contributed by atoms with van der Waals surface area (Å²) < 4.78 is 40.8. The Hall–Kier alpha value is -1.94. The van der Waals surface area contributed by atoms with Crippen molar-refractivity contribution >= 4 is 47.8 Å². The van der Waals surface area contributed by atoms with Gasteiger partial charge in [0.15, 0.2) is 5.69 Å². The van der Waals surface area contributed by atoms with Crippen molar-refractivity contribution in [1.82, 2.24) is 9.78 Å². The van der Waals surface area contributed by atoms with E-state index in [4.69, 9.17) is 9.84 Å². The normalized spacial score (nSPS) is 18.7. The van der Waals surface area contributed by atoms with E-state index >= 15 is 0 Å². The number of halogens is 5. The fourth-order valence-electron chi connectivity index (χ4n) is 4.72. The van der Waals surface area contributed by atoms with E-state index in [1.165, 1.54) is 12.1 Å². The molecule has 2 atom stereocenters. The van der Waals surface area contributed by atoms with Gasteiger partial charge in [0.25, 0.3) is 0 Å². The first-order chi connectivity index (χ1) is 15.9. The molecule has 0 amide bonds. The van der Waals surface area contributed by atoms with Gasteiger partial charge in [-0.15, -0.1) is 0 Å². The van der Waals surface area contributed by atoms with Crippen LogP contribution >= 0.6 is 47.8 Å². The molecule has 0 saturated heterocycles. The molecule has 33 heavy (non-hydrogen) atoms. The van der Waals surface area contributed by atoms with Crippen LogP contribution in [0.2, 0.25) is 0 Å². The lowest BCUT2D eigenvalue weighted by Crippen LogP contribution is -2.51. The predicted octanol–water partition coefficient (Wildman–Crippen LogP) is 6.44. The standard InChI is InChI=1S/C24H15Br3F2N3O/c25-14-7-18(26)24(19(27)8-14)32-11-31-22(30-32)10-33-21-6-13-2-1-12(5-17(13)23(21)31)16-4-3-15(28)9-20(16)29/h1-5,7-9,11,21,23H,6,10H2/q+1/t21-,23+/m0/s1. The Labute approximate surface area is 213 Å². The van der Waals surface area contributed by atoms with Crippen LogP contribution in [0.25, 0.3) is 16.8 Å². The Kier molecular flexibility index (Phi) is 5.28. The average molecular weight is 639 g/mol. The highest BCUT2D eigenvalue weighted by Crippen LogP contribution is 2.39. The zero-order chi connectivity index (χ0) is 22.9. The smallest absolute Gasteiger partial charge is 0.304 e. The van der Waals surface area contributed by atoms with Crippen molar-refractivity contribution in [3.05, 3.63) is 96.9 Å². The Bertz CT molecular complexity index is 1420. The number of rotatable bonds is 2. The monoisotopic (exact) mass is 636 g/mol. The van der Waals surface area contributed by atoms with Gasteiger partial charge in [0.05, 0.1) is 8.95 Å². The molecule has 166 valence electrons. The van der Waals surface area contributed by atoms with Crippen molar-refractivity contribution in [1.29, 1.82) is 0 Å². The number of fused-ring (bicyclic) bond motifs is 5. The number of hydrogen-bond acceptors (Lipinski definition) is 2. The zero-order valence-electron chi connectivity index (χ0n) is 16.9. The number of aromatic nitrogens is 3. The van der Waals surface area contributed by atoms with Crippen LogP contribution in [0.5, 0.6) is 0 Å². The van der Waals surface area contributed by atoms with Gasteiger partial charge in [-0.1, -0.05) is 32.7 Å². The number of nitrogens with zero attached hydrogens (tertiary/aromatic N) is 3. The van der Waals surface area contributed by atoms with Crippen LogP contribution in [-0.4, -0.2) is 15.9 Å². The lowest BCUT2D eigenvalue weighted by Gasteiger charge is -2.23. The summed E-state index contributed by atoms with van der Waals surface area (Å²) in [6, 6.07) is 13.4. The van der Waals surface area contributed by atoms with Crippen molar-refractivity contribution in [3.63, 3.8) is 0 Å². The minimum atomic E-state index is -0.587. The van der Waals surface area contributed by atoms with Gasteiger partial charge in [0.1, 0.15) is 30.4 Å². The second kappa shape index (κ2) is 8.08. The summed E-state index contributed by atoms with van der Waals surface area (Å²) in [7, 11) is 0. The molecule has 0 spiro atoms. The van der Waals surface area contributed by atoms with Crippen LogP contribution in [0.15, 0.2) is 68.3 Å². The lowest BCUT2D eigenvalue weighted by molar-refractivity contribution is -0.739. The van der Waals surface area contributed by atoms with E-state index in [1.807, 2.05) is 41.3 Å². The van der Waals surface area contributed by atoms with E-state index in [9.17, 15) is 8.78 Å². The summed E-state index contributed by atoms with van der Waals surface area (Å²) in [5.41, 5.74) is 4.21. The number of hydrogen-bond donors (Lipinski definition) is 0. The Morgan fingerprint density at radius 1 is 1.00 bits per heavy atom. The zero-order valence-corrected chi connectivity index (χ0v) is 21.7. The molecule has 1 aliphatic heterocycles. The molecule has 2 aliphatic rings. The molecule has 1 aliphatic carbocycles. The molecular formula is C24H15Br3F2N3O+.